The van der Waals surface area contributed by atoms with Gasteiger partial charge in [0.05, 0.1) is 0 Å². The van der Waals surface area contributed by atoms with Crippen LogP contribution in [-0.2, 0) is 11.4 Å². The lowest BCUT2D eigenvalue weighted by Gasteiger charge is -1.87. The molecule has 0 bridgehead atoms. The second-order valence-electron chi connectivity index (χ2n) is 1.69. The molecule has 1 aliphatic rings. The number of hydrogen-bond acceptors (Lipinski definition) is 2. The van der Waals surface area contributed by atoms with Crippen LogP contribution >= 0.6 is 23.5 Å². The minimum Gasteiger partial charge on any atom is -0.0566 e. The molecule has 0 spiro atoms. The lowest BCUT2D eigenvalue weighted by molar-refractivity contribution is 1.15. The van der Waals surface area contributed by atoms with E-state index in [-0.39, 0.29) is 0 Å². The minimum absolute atomic E-state index is 0.849. The maximum absolute atomic E-state index is 2.28. The summed E-state index contributed by atoms with van der Waals surface area (Å²) in [5, 5.41) is 0.849. The smallest absolute Gasteiger partial charge is 0.0566 e. The molecule has 1 rings (SSSR count). The van der Waals surface area contributed by atoms with Gasteiger partial charge >= 0.3 is 0 Å². The zero-order valence-electron chi connectivity index (χ0n) is 5.01. The molecule has 0 amide bonds. The van der Waals surface area contributed by atoms with Gasteiger partial charge in [0, 0.05) is 11.0 Å². The van der Waals surface area contributed by atoms with Gasteiger partial charge in [0.25, 0.3) is 3.53 Å². The monoisotopic (exact) mass is 165 g/mol. The molecule has 0 aromatic carbocycles. The van der Waals surface area contributed by atoms with Crippen LogP contribution < -0.4 is 0 Å². The van der Waals surface area contributed by atoms with E-state index in [1.165, 1.54) is 9.28 Å². The van der Waals surface area contributed by atoms with Crippen molar-refractivity contribution in [2.24, 2.45) is 0 Å². The molecule has 0 aromatic heterocycles. The fourth-order valence-electron chi connectivity index (χ4n) is 0.525. The first kappa shape index (κ1) is 6.90. The molecule has 46 valence electrons. The Morgan fingerprint density at radius 1 is 1.75 bits per heavy atom. The Balaban J connectivity index is 2.44. The third kappa shape index (κ3) is 1.64. The Bertz CT molecular complexity index is 108. The van der Waals surface area contributed by atoms with E-state index in [0.717, 1.165) is 5.25 Å². The summed E-state index contributed by atoms with van der Waals surface area (Å²) in [6.07, 6.45) is 2.15. The average molecular weight is 165 g/mol. The molecule has 1 saturated heterocycles. The molecule has 0 N–H and O–H groups in total. The lowest BCUT2D eigenvalue weighted by atomic mass is 10.6. The maximum atomic E-state index is 2.28. The molecule has 0 saturated carbocycles. The van der Waals surface area contributed by atoms with Crippen molar-refractivity contribution in [2.45, 2.75) is 12.2 Å². The van der Waals surface area contributed by atoms with E-state index in [9.17, 15) is 0 Å². The number of hydrogen-bond donors (Lipinski definition) is 0. The Morgan fingerprint density at radius 2 is 2.50 bits per heavy atom. The molecule has 0 nitrogen and oxygen atoms in total. The second kappa shape index (κ2) is 3.08. The summed E-state index contributed by atoms with van der Waals surface area (Å²) in [4.78, 5) is 0. The van der Waals surface area contributed by atoms with Crippen LogP contribution in [-0.4, -0.2) is 20.8 Å². The molecule has 8 heavy (non-hydrogen) atoms. The molecule has 3 heteroatoms. The van der Waals surface area contributed by atoms with E-state index in [0.29, 0.717) is 0 Å². The normalized spacial score (nSPS) is 34.2. The van der Waals surface area contributed by atoms with Gasteiger partial charge in [-0.15, -0.1) is 0 Å². The van der Waals surface area contributed by atoms with E-state index in [1.54, 1.807) is 0 Å². The van der Waals surface area contributed by atoms with Gasteiger partial charge in [0.1, 0.15) is 0 Å². The number of thioether (sulfide) groups is 2. The first-order chi connectivity index (χ1) is 3.83. The van der Waals surface area contributed by atoms with E-state index in [1.807, 2.05) is 34.9 Å². The summed E-state index contributed by atoms with van der Waals surface area (Å²) in [6.45, 7) is 2.28. The van der Waals surface area contributed by atoms with Crippen molar-refractivity contribution in [3.8, 4) is 0 Å². The fourth-order valence-corrected chi connectivity index (χ4v) is 4.22. The van der Waals surface area contributed by atoms with Crippen LogP contribution in [0.4, 0.5) is 0 Å². The third-order valence-corrected chi connectivity index (χ3v) is 5.39. The van der Waals surface area contributed by atoms with Crippen LogP contribution in [0.25, 0.3) is 0 Å². The summed E-state index contributed by atoms with van der Waals surface area (Å²) in [5.74, 6) is 1.31. The molecule has 1 atom stereocenters. The molecule has 0 aromatic rings. The zero-order chi connectivity index (χ0) is 5.98. The van der Waals surface area contributed by atoms with Gasteiger partial charge in [-0.25, -0.2) is 0 Å². The zero-order valence-corrected chi connectivity index (χ0v) is 7.46. The summed E-state index contributed by atoms with van der Waals surface area (Å²) >= 11 is 5.88. The topological polar surface area (TPSA) is 0 Å². The Morgan fingerprint density at radius 3 is 2.75 bits per heavy atom. The van der Waals surface area contributed by atoms with Crippen molar-refractivity contribution in [3.05, 3.63) is 0 Å². The van der Waals surface area contributed by atoms with Gasteiger partial charge in [-0.2, -0.15) is 0 Å². The van der Waals surface area contributed by atoms with Crippen LogP contribution in [0.3, 0.4) is 0 Å². The van der Waals surface area contributed by atoms with Gasteiger partial charge in [-0.05, 0) is 0 Å². The van der Waals surface area contributed by atoms with Gasteiger partial charge in [-0.1, -0.05) is 30.4 Å². The summed E-state index contributed by atoms with van der Waals surface area (Å²) < 4.78 is 1.54. The third-order valence-electron chi connectivity index (χ3n) is 0.900. The summed E-state index contributed by atoms with van der Waals surface area (Å²) in [5.41, 5.74) is 0. The van der Waals surface area contributed by atoms with E-state index >= 15 is 0 Å². The van der Waals surface area contributed by atoms with E-state index in [2.05, 4.69) is 13.2 Å². The van der Waals surface area contributed by atoms with Gasteiger partial charge in [-0.3, -0.25) is 0 Å². The standard InChI is InChI=1S/C5H9S3/c1-4-3-7-5(6-2)8-4/h4H,3H2,1-2H3/q+1. The molecular formula is C5H9S3+. The van der Waals surface area contributed by atoms with Crippen molar-refractivity contribution in [1.82, 2.24) is 0 Å². The predicted molar refractivity (Wildman–Crippen MR) is 47.8 cm³/mol. The first-order valence-electron chi connectivity index (χ1n) is 2.53. The summed E-state index contributed by atoms with van der Waals surface area (Å²) in [6, 6.07) is 0. The molecule has 1 aliphatic heterocycles. The highest BCUT2D eigenvalue weighted by atomic mass is 32.2. The van der Waals surface area contributed by atoms with E-state index in [4.69, 9.17) is 0 Å². The maximum Gasteiger partial charge on any atom is 0.291 e. The minimum atomic E-state index is 0.849. The lowest BCUT2D eigenvalue weighted by Crippen LogP contribution is -1.89. The quantitative estimate of drug-likeness (QED) is 0.395. The predicted octanol–water partition coefficient (Wildman–Crippen LogP) is 1.65. The molecule has 0 radical (unpaired) electrons. The average Bonchev–Trinajstić information content (AvgIpc) is 2.14. The fraction of sp³-hybridized carbons (Fsp3) is 0.800. The molecule has 0 aliphatic carbocycles. The molecule has 1 unspecified atom stereocenters. The molecular weight excluding hydrogens is 156 g/mol. The SMILES string of the molecule is C[S+]=C1SCC(C)S1. The highest BCUT2D eigenvalue weighted by Gasteiger charge is 2.23. The largest absolute Gasteiger partial charge is 0.291 e. The molecule has 1 fully saturated rings. The number of rotatable bonds is 0. The van der Waals surface area contributed by atoms with Crippen molar-refractivity contribution < 1.29 is 0 Å². The first-order valence-corrected chi connectivity index (χ1v) is 5.62. The van der Waals surface area contributed by atoms with Crippen molar-refractivity contribution in [1.29, 1.82) is 0 Å². The second-order valence-corrected chi connectivity index (χ2v) is 5.76. The van der Waals surface area contributed by atoms with Crippen LogP contribution in [0.1, 0.15) is 6.92 Å². The Hall–Kier alpha value is 0.790. The van der Waals surface area contributed by atoms with Gasteiger partial charge < -0.3 is 0 Å². The van der Waals surface area contributed by atoms with Crippen LogP contribution in [0, 0.1) is 0 Å². The van der Waals surface area contributed by atoms with Crippen LogP contribution in [0.15, 0.2) is 0 Å². The van der Waals surface area contributed by atoms with Gasteiger partial charge in [0.2, 0.25) is 0 Å². The van der Waals surface area contributed by atoms with Crippen molar-refractivity contribution in [2.75, 3.05) is 12.0 Å². The van der Waals surface area contributed by atoms with Crippen molar-refractivity contribution in [3.63, 3.8) is 0 Å². The van der Waals surface area contributed by atoms with Crippen molar-refractivity contribution >= 4 is 38.4 Å². The molecule has 1 heterocycles. The van der Waals surface area contributed by atoms with Crippen LogP contribution in [0.2, 0.25) is 0 Å². The van der Waals surface area contributed by atoms with E-state index < -0.39 is 0 Å². The van der Waals surface area contributed by atoms with Gasteiger partial charge in [0.15, 0.2) is 17.6 Å². The Kier molecular flexibility index (Phi) is 2.66. The summed E-state index contributed by atoms with van der Waals surface area (Å²) in [7, 11) is 0. The highest BCUT2D eigenvalue weighted by Crippen LogP contribution is 2.31. The Labute approximate surface area is 62.8 Å². The van der Waals surface area contributed by atoms with Crippen LogP contribution in [0.5, 0.6) is 0 Å². The highest BCUT2D eigenvalue weighted by molar-refractivity contribution is 8.49.